The van der Waals surface area contributed by atoms with E-state index in [1.165, 1.54) is 10.6 Å². The van der Waals surface area contributed by atoms with E-state index < -0.39 is 0 Å². The predicted octanol–water partition coefficient (Wildman–Crippen LogP) is 2.11. The molecule has 5 nitrogen and oxygen atoms in total. The molecular weight excluding hydrogens is 268 g/mol. The zero-order chi connectivity index (χ0) is 15.4. The minimum absolute atomic E-state index is 0.0252. The Morgan fingerprint density at radius 1 is 1.24 bits per heavy atom. The van der Waals surface area contributed by atoms with Crippen LogP contribution < -0.4 is 15.6 Å². The van der Waals surface area contributed by atoms with Gasteiger partial charge in [0.15, 0.2) is 0 Å². The molecule has 0 atom stereocenters. The van der Waals surface area contributed by atoms with Crippen molar-refractivity contribution in [2.24, 2.45) is 0 Å². The third-order valence-corrected chi connectivity index (χ3v) is 3.20. The summed E-state index contributed by atoms with van der Waals surface area (Å²) in [6.45, 7) is 3.70. The summed E-state index contributed by atoms with van der Waals surface area (Å²) in [6, 6.07) is 10.4. The van der Waals surface area contributed by atoms with Crippen LogP contribution >= 0.6 is 0 Å². The van der Waals surface area contributed by atoms with E-state index in [0.29, 0.717) is 11.4 Å². The minimum atomic E-state index is -0.268. The van der Waals surface area contributed by atoms with Gasteiger partial charge in [-0.3, -0.25) is 9.59 Å². The van der Waals surface area contributed by atoms with E-state index in [-0.39, 0.29) is 18.0 Å². The highest BCUT2D eigenvalue weighted by Gasteiger charge is 2.10. The number of anilines is 1. The Labute approximate surface area is 123 Å². The summed E-state index contributed by atoms with van der Waals surface area (Å²) in [5, 5.41) is 2.78. The van der Waals surface area contributed by atoms with Crippen LogP contribution in [0.15, 0.2) is 41.2 Å². The van der Waals surface area contributed by atoms with Gasteiger partial charge in [-0.1, -0.05) is 12.1 Å². The molecule has 0 saturated carbocycles. The van der Waals surface area contributed by atoms with Crippen LogP contribution in [0.1, 0.15) is 11.3 Å². The van der Waals surface area contributed by atoms with Crippen molar-refractivity contribution in [3.05, 3.63) is 58.0 Å². The number of nitrogens with zero attached hydrogens (tertiary/aromatic N) is 1. The maximum absolute atomic E-state index is 12.1. The van der Waals surface area contributed by atoms with Crippen LogP contribution in [0.25, 0.3) is 0 Å². The van der Waals surface area contributed by atoms with Gasteiger partial charge in [0, 0.05) is 11.8 Å². The standard InChI is InChI=1S/C16H18N2O3/c1-11-7-8-14(21-3)13(9-11)17-15(19)10-18-12(2)5-4-6-16(18)20/h4-9H,10H2,1-3H3,(H,17,19). The largest absolute Gasteiger partial charge is 0.495 e. The monoisotopic (exact) mass is 286 g/mol. The average Bonchev–Trinajstić information content (AvgIpc) is 2.43. The molecule has 0 aliphatic carbocycles. The summed E-state index contributed by atoms with van der Waals surface area (Å²) >= 11 is 0. The van der Waals surface area contributed by atoms with Crippen molar-refractivity contribution in [1.82, 2.24) is 4.57 Å². The van der Waals surface area contributed by atoms with Crippen molar-refractivity contribution in [2.75, 3.05) is 12.4 Å². The number of hydrogen-bond donors (Lipinski definition) is 1. The second kappa shape index (κ2) is 6.26. The lowest BCUT2D eigenvalue weighted by Crippen LogP contribution is -2.28. The molecule has 0 aliphatic rings. The van der Waals surface area contributed by atoms with Crippen LogP contribution in [0.4, 0.5) is 5.69 Å². The number of nitrogens with one attached hydrogen (secondary N) is 1. The maximum atomic E-state index is 12.1. The summed E-state index contributed by atoms with van der Waals surface area (Å²) < 4.78 is 6.64. The van der Waals surface area contributed by atoms with Crippen LogP contribution in [0, 0.1) is 13.8 Å². The Hall–Kier alpha value is -2.56. The molecular formula is C16H18N2O3. The van der Waals surface area contributed by atoms with Crippen LogP contribution in [0.5, 0.6) is 5.75 Å². The number of hydrogen-bond acceptors (Lipinski definition) is 3. The molecule has 1 aromatic heterocycles. The van der Waals surface area contributed by atoms with Crippen LogP contribution in [-0.2, 0) is 11.3 Å². The van der Waals surface area contributed by atoms with Crippen LogP contribution in [0.3, 0.4) is 0 Å². The molecule has 5 heteroatoms. The number of amides is 1. The van der Waals surface area contributed by atoms with Gasteiger partial charge < -0.3 is 14.6 Å². The van der Waals surface area contributed by atoms with E-state index in [0.717, 1.165) is 11.3 Å². The third kappa shape index (κ3) is 3.51. The van der Waals surface area contributed by atoms with Gasteiger partial charge in [0.2, 0.25) is 5.91 Å². The van der Waals surface area contributed by atoms with Crippen molar-refractivity contribution in [3.8, 4) is 5.75 Å². The molecule has 0 saturated heterocycles. The third-order valence-electron chi connectivity index (χ3n) is 3.20. The predicted molar refractivity (Wildman–Crippen MR) is 81.8 cm³/mol. The second-order valence-electron chi connectivity index (χ2n) is 4.84. The smallest absolute Gasteiger partial charge is 0.251 e. The van der Waals surface area contributed by atoms with Gasteiger partial charge in [0.25, 0.3) is 5.56 Å². The minimum Gasteiger partial charge on any atom is -0.495 e. The topological polar surface area (TPSA) is 60.3 Å². The molecule has 0 spiro atoms. The van der Waals surface area contributed by atoms with Crippen molar-refractivity contribution in [1.29, 1.82) is 0 Å². The Morgan fingerprint density at radius 3 is 2.67 bits per heavy atom. The van der Waals surface area contributed by atoms with Crippen molar-refractivity contribution in [2.45, 2.75) is 20.4 Å². The molecule has 1 aromatic carbocycles. The van der Waals surface area contributed by atoms with Crippen molar-refractivity contribution < 1.29 is 9.53 Å². The molecule has 0 aliphatic heterocycles. The van der Waals surface area contributed by atoms with E-state index in [4.69, 9.17) is 4.74 Å². The van der Waals surface area contributed by atoms with Crippen LogP contribution in [-0.4, -0.2) is 17.6 Å². The molecule has 110 valence electrons. The Morgan fingerprint density at radius 2 is 2.00 bits per heavy atom. The van der Waals surface area contributed by atoms with Gasteiger partial charge in [-0.15, -0.1) is 0 Å². The Kier molecular flexibility index (Phi) is 4.42. The number of benzene rings is 1. The number of carbonyl (C=O) groups excluding carboxylic acids is 1. The molecule has 0 fully saturated rings. The molecule has 2 rings (SSSR count). The number of ether oxygens (including phenoxy) is 1. The highest BCUT2D eigenvalue weighted by atomic mass is 16.5. The Balaban J connectivity index is 2.19. The number of pyridine rings is 1. The fraction of sp³-hybridized carbons (Fsp3) is 0.250. The summed E-state index contributed by atoms with van der Waals surface area (Å²) in [4.78, 5) is 23.9. The molecule has 2 aromatic rings. The molecule has 21 heavy (non-hydrogen) atoms. The van der Waals surface area contributed by atoms with Crippen molar-refractivity contribution >= 4 is 11.6 Å². The van der Waals surface area contributed by atoms with Gasteiger partial charge in [0.1, 0.15) is 12.3 Å². The maximum Gasteiger partial charge on any atom is 0.251 e. The lowest BCUT2D eigenvalue weighted by molar-refractivity contribution is -0.116. The number of aromatic nitrogens is 1. The molecule has 1 heterocycles. The first-order chi connectivity index (χ1) is 10.0. The quantitative estimate of drug-likeness (QED) is 0.936. The zero-order valence-electron chi connectivity index (χ0n) is 12.3. The van der Waals surface area contributed by atoms with E-state index in [2.05, 4.69) is 5.32 Å². The molecule has 0 bridgehead atoms. The fourth-order valence-electron chi connectivity index (χ4n) is 2.08. The molecule has 1 N–H and O–H groups in total. The summed E-state index contributed by atoms with van der Waals surface area (Å²) in [5.41, 5.74) is 2.17. The number of aryl methyl sites for hydroxylation is 2. The van der Waals surface area contributed by atoms with Gasteiger partial charge in [-0.05, 0) is 37.6 Å². The average molecular weight is 286 g/mol. The molecule has 0 radical (unpaired) electrons. The van der Waals surface area contributed by atoms with Crippen LogP contribution in [0.2, 0.25) is 0 Å². The normalized spacial score (nSPS) is 10.2. The summed E-state index contributed by atoms with van der Waals surface area (Å²) in [7, 11) is 1.55. The van der Waals surface area contributed by atoms with E-state index in [9.17, 15) is 9.59 Å². The second-order valence-corrected chi connectivity index (χ2v) is 4.84. The first-order valence-electron chi connectivity index (χ1n) is 6.62. The Bertz CT molecular complexity index is 720. The van der Waals surface area contributed by atoms with E-state index >= 15 is 0 Å². The molecule has 1 amide bonds. The number of rotatable bonds is 4. The SMILES string of the molecule is COc1ccc(C)cc1NC(=O)Cn1c(C)cccc1=O. The van der Waals surface area contributed by atoms with Gasteiger partial charge in [-0.2, -0.15) is 0 Å². The number of carbonyl (C=O) groups is 1. The first-order valence-corrected chi connectivity index (χ1v) is 6.62. The molecule has 0 unspecified atom stereocenters. The summed E-state index contributed by atoms with van der Waals surface area (Å²) in [5.74, 6) is 0.321. The van der Waals surface area contributed by atoms with Gasteiger partial charge in [-0.25, -0.2) is 0 Å². The van der Waals surface area contributed by atoms with Crippen molar-refractivity contribution in [3.63, 3.8) is 0 Å². The lowest BCUT2D eigenvalue weighted by atomic mass is 10.2. The lowest BCUT2D eigenvalue weighted by Gasteiger charge is -2.13. The van der Waals surface area contributed by atoms with E-state index in [1.54, 1.807) is 32.2 Å². The first kappa shape index (κ1) is 14.8. The number of methoxy groups -OCH3 is 1. The fourth-order valence-corrected chi connectivity index (χ4v) is 2.08. The zero-order valence-corrected chi connectivity index (χ0v) is 12.3. The highest BCUT2D eigenvalue weighted by molar-refractivity contribution is 5.92. The van der Waals surface area contributed by atoms with Gasteiger partial charge >= 0.3 is 0 Å². The van der Waals surface area contributed by atoms with Gasteiger partial charge in [0.05, 0.1) is 12.8 Å². The highest BCUT2D eigenvalue weighted by Crippen LogP contribution is 2.25. The van der Waals surface area contributed by atoms with E-state index in [1.807, 2.05) is 19.1 Å². The summed E-state index contributed by atoms with van der Waals surface area (Å²) in [6.07, 6.45) is 0.